The second kappa shape index (κ2) is 6.70. The Balaban J connectivity index is 1.96. The van der Waals surface area contributed by atoms with Gasteiger partial charge >= 0.3 is 5.97 Å². The molecule has 1 aliphatic heterocycles. The third-order valence-electron chi connectivity index (χ3n) is 3.76. The van der Waals surface area contributed by atoms with E-state index in [4.69, 9.17) is 18.9 Å². The average Bonchev–Trinajstić information content (AvgIpc) is 2.92. The lowest BCUT2D eigenvalue weighted by molar-refractivity contribution is 0.0434. The van der Waals surface area contributed by atoms with E-state index in [1.807, 2.05) is 31.2 Å². The van der Waals surface area contributed by atoms with Crippen molar-refractivity contribution in [3.63, 3.8) is 0 Å². The first kappa shape index (κ1) is 16.0. The number of rotatable bonds is 6. The van der Waals surface area contributed by atoms with Gasteiger partial charge in [0.25, 0.3) is 0 Å². The summed E-state index contributed by atoms with van der Waals surface area (Å²) < 4.78 is 21.6. The van der Waals surface area contributed by atoms with Crippen LogP contribution in [0, 0.1) is 0 Å². The summed E-state index contributed by atoms with van der Waals surface area (Å²) >= 11 is 0. The molecule has 0 bridgehead atoms. The monoisotopic (exact) mass is 329 g/mol. The molecule has 126 valence electrons. The zero-order valence-corrected chi connectivity index (χ0v) is 13.8. The number of hydrogen-bond acceptors (Lipinski definition) is 6. The van der Waals surface area contributed by atoms with Crippen LogP contribution in [0.25, 0.3) is 0 Å². The molecule has 0 saturated heterocycles. The van der Waals surface area contributed by atoms with Crippen LogP contribution >= 0.6 is 0 Å². The number of cyclic esters (lactones) is 1. The van der Waals surface area contributed by atoms with Crippen LogP contribution in [0.4, 0.5) is 5.69 Å². The zero-order valence-electron chi connectivity index (χ0n) is 13.8. The third-order valence-corrected chi connectivity index (χ3v) is 3.76. The molecule has 1 atom stereocenters. The summed E-state index contributed by atoms with van der Waals surface area (Å²) in [6.45, 7) is 2.46. The molecule has 2 aromatic rings. The fourth-order valence-electron chi connectivity index (χ4n) is 2.72. The first-order valence-corrected chi connectivity index (χ1v) is 7.63. The number of methoxy groups -OCH3 is 2. The van der Waals surface area contributed by atoms with Gasteiger partial charge in [-0.05, 0) is 31.2 Å². The van der Waals surface area contributed by atoms with Crippen molar-refractivity contribution in [1.82, 2.24) is 0 Å². The van der Waals surface area contributed by atoms with Gasteiger partial charge in [0.1, 0.15) is 11.3 Å². The van der Waals surface area contributed by atoms with Gasteiger partial charge in [-0.1, -0.05) is 12.1 Å². The summed E-state index contributed by atoms with van der Waals surface area (Å²) in [6, 6.07) is 11.1. The molecule has 0 amide bonds. The minimum absolute atomic E-state index is 0.377. The lowest BCUT2D eigenvalue weighted by Gasteiger charge is -2.17. The molecule has 1 heterocycles. The van der Waals surface area contributed by atoms with E-state index in [1.165, 1.54) is 14.2 Å². The molecule has 0 fully saturated rings. The Morgan fingerprint density at radius 1 is 1.08 bits per heavy atom. The van der Waals surface area contributed by atoms with Gasteiger partial charge in [-0.3, -0.25) is 0 Å². The van der Waals surface area contributed by atoms with Crippen molar-refractivity contribution in [3.05, 3.63) is 47.5 Å². The molecule has 6 nitrogen and oxygen atoms in total. The molecule has 0 saturated carbocycles. The second-order valence-corrected chi connectivity index (χ2v) is 5.12. The molecule has 6 heteroatoms. The van der Waals surface area contributed by atoms with Crippen LogP contribution in [-0.2, 0) is 4.74 Å². The van der Waals surface area contributed by atoms with E-state index >= 15 is 0 Å². The standard InChI is InChI=1S/C18H19NO5/c1-4-23-13-8-6-5-7-12(13)19-17-11-9-10-14(21-2)16(22-3)15(11)18(20)24-17/h5-10,17,19H,4H2,1-3H3/t17-/m0/s1. The number of anilines is 1. The van der Waals surface area contributed by atoms with Gasteiger partial charge in [0.2, 0.25) is 6.23 Å². The van der Waals surface area contributed by atoms with Crippen LogP contribution in [0.15, 0.2) is 36.4 Å². The van der Waals surface area contributed by atoms with Crippen molar-refractivity contribution < 1.29 is 23.7 Å². The van der Waals surface area contributed by atoms with Crippen LogP contribution in [0.3, 0.4) is 0 Å². The summed E-state index contributed by atoms with van der Waals surface area (Å²) in [5.41, 5.74) is 1.83. The van der Waals surface area contributed by atoms with E-state index in [-0.39, 0.29) is 0 Å². The maximum Gasteiger partial charge on any atom is 0.344 e. The Bertz CT molecular complexity index is 759. The van der Waals surface area contributed by atoms with E-state index < -0.39 is 12.2 Å². The fraction of sp³-hybridized carbons (Fsp3) is 0.278. The van der Waals surface area contributed by atoms with E-state index in [2.05, 4.69) is 5.32 Å². The van der Waals surface area contributed by atoms with Crippen molar-refractivity contribution in [2.75, 3.05) is 26.1 Å². The van der Waals surface area contributed by atoms with E-state index in [9.17, 15) is 4.79 Å². The summed E-state index contributed by atoms with van der Waals surface area (Å²) in [7, 11) is 3.02. The van der Waals surface area contributed by atoms with Crippen LogP contribution in [0.5, 0.6) is 17.2 Å². The molecular weight excluding hydrogens is 310 g/mol. The average molecular weight is 329 g/mol. The molecule has 0 radical (unpaired) electrons. The summed E-state index contributed by atoms with van der Waals surface area (Å²) in [4.78, 5) is 12.3. The molecule has 0 aromatic heterocycles. The number of nitrogens with one attached hydrogen (secondary N) is 1. The molecule has 1 N–H and O–H groups in total. The number of carbonyl (C=O) groups excluding carboxylic acids is 1. The van der Waals surface area contributed by atoms with Gasteiger partial charge in [0.15, 0.2) is 11.5 Å². The Hall–Kier alpha value is -2.89. The van der Waals surface area contributed by atoms with Gasteiger partial charge in [-0.25, -0.2) is 4.79 Å². The zero-order chi connectivity index (χ0) is 17.1. The SMILES string of the molecule is CCOc1ccccc1N[C@H]1OC(=O)c2c1ccc(OC)c2OC. The van der Waals surface area contributed by atoms with E-state index in [0.717, 1.165) is 5.69 Å². The molecule has 3 rings (SSSR count). The third kappa shape index (κ3) is 2.71. The highest BCUT2D eigenvalue weighted by atomic mass is 16.6. The molecule has 0 spiro atoms. The number of hydrogen-bond donors (Lipinski definition) is 1. The molecule has 1 aliphatic rings. The number of para-hydroxylation sites is 2. The van der Waals surface area contributed by atoms with E-state index in [1.54, 1.807) is 12.1 Å². The smallest absolute Gasteiger partial charge is 0.344 e. The number of fused-ring (bicyclic) bond motifs is 1. The van der Waals surface area contributed by atoms with Crippen molar-refractivity contribution in [2.24, 2.45) is 0 Å². The van der Waals surface area contributed by atoms with Crippen LogP contribution in [-0.4, -0.2) is 26.8 Å². The van der Waals surface area contributed by atoms with Crippen molar-refractivity contribution in [1.29, 1.82) is 0 Å². The maximum atomic E-state index is 12.3. The predicted octanol–water partition coefficient (Wildman–Crippen LogP) is 3.38. The minimum Gasteiger partial charge on any atom is -0.493 e. The quantitative estimate of drug-likeness (QED) is 0.820. The number of esters is 1. The normalized spacial score (nSPS) is 15.5. The molecular formula is C18H19NO5. The first-order valence-electron chi connectivity index (χ1n) is 7.63. The molecule has 0 aliphatic carbocycles. The Morgan fingerprint density at radius 3 is 2.58 bits per heavy atom. The minimum atomic E-state index is -0.617. The van der Waals surface area contributed by atoms with Crippen LogP contribution in [0.2, 0.25) is 0 Å². The van der Waals surface area contributed by atoms with Gasteiger partial charge in [0, 0.05) is 5.56 Å². The summed E-state index contributed by atoms with van der Waals surface area (Å²) in [5, 5.41) is 3.21. The summed E-state index contributed by atoms with van der Waals surface area (Å²) in [5.74, 6) is 1.11. The predicted molar refractivity (Wildman–Crippen MR) is 88.9 cm³/mol. The van der Waals surface area contributed by atoms with Gasteiger partial charge in [-0.2, -0.15) is 0 Å². The lowest BCUT2D eigenvalue weighted by Crippen LogP contribution is -2.11. The van der Waals surface area contributed by atoms with Gasteiger partial charge < -0.3 is 24.3 Å². The van der Waals surface area contributed by atoms with E-state index in [0.29, 0.717) is 35.0 Å². The lowest BCUT2D eigenvalue weighted by atomic mass is 10.1. The van der Waals surface area contributed by atoms with Crippen molar-refractivity contribution >= 4 is 11.7 Å². The summed E-state index contributed by atoms with van der Waals surface area (Å²) in [6.07, 6.45) is -0.617. The Kier molecular flexibility index (Phi) is 4.46. The molecule has 0 unspecified atom stereocenters. The van der Waals surface area contributed by atoms with Crippen molar-refractivity contribution in [3.8, 4) is 17.2 Å². The fourth-order valence-corrected chi connectivity index (χ4v) is 2.72. The Morgan fingerprint density at radius 2 is 1.88 bits per heavy atom. The molecule has 24 heavy (non-hydrogen) atoms. The highest BCUT2D eigenvalue weighted by molar-refractivity contribution is 5.98. The van der Waals surface area contributed by atoms with Crippen LogP contribution in [0.1, 0.15) is 29.1 Å². The second-order valence-electron chi connectivity index (χ2n) is 5.12. The highest BCUT2D eigenvalue weighted by Gasteiger charge is 2.36. The van der Waals surface area contributed by atoms with Gasteiger partial charge in [0.05, 0.1) is 26.5 Å². The highest BCUT2D eigenvalue weighted by Crippen LogP contribution is 2.42. The van der Waals surface area contributed by atoms with Crippen molar-refractivity contribution in [2.45, 2.75) is 13.2 Å². The maximum absolute atomic E-state index is 12.3. The van der Waals surface area contributed by atoms with Gasteiger partial charge in [-0.15, -0.1) is 0 Å². The number of carbonyl (C=O) groups is 1. The van der Waals surface area contributed by atoms with Crippen LogP contribution < -0.4 is 19.5 Å². The Labute approximate surface area is 140 Å². The number of benzene rings is 2. The first-order chi connectivity index (χ1) is 11.7. The topological polar surface area (TPSA) is 66.0 Å². The molecule has 2 aromatic carbocycles. The largest absolute Gasteiger partial charge is 0.493 e. The number of ether oxygens (including phenoxy) is 4.